The average Bonchev–Trinajstić information content (AvgIpc) is 2.50. The molecule has 0 aliphatic carbocycles. The first-order valence-corrected chi connectivity index (χ1v) is 8.22. The molecule has 1 atom stereocenters. The van der Waals surface area contributed by atoms with Gasteiger partial charge in [-0.1, -0.05) is 12.8 Å². The molecule has 0 spiro atoms. The van der Waals surface area contributed by atoms with E-state index >= 15 is 0 Å². The van der Waals surface area contributed by atoms with E-state index in [2.05, 4.69) is 0 Å². The van der Waals surface area contributed by atoms with Gasteiger partial charge in [0.15, 0.2) is 0 Å². The van der Waals surface area contributed by atoms with Crippen LogP contribution >= 0.6 is 11.6 Å². The summed E-state index contributed by atoms with van der Waals surface area (Å²) in [7, 11) is -1.66. The zero-order valence-electron chi connectivity index (χ0n) is 10.7. The van der Waals surface area contributed by atoms with Crippen molar-refractivity contribution in [2.75, 3.05) is 26.0 Å². The first kappa shape index (κ1) is 15.2. The summed E-state index contributed by atoms with van der Waals surface area (Å²) in [5.74, 6) is 0.495. The molecule has 0 aromatic rings. The number of nitrogens with zero attached hydrogens (tertiary/aromatic N) is 2. The second-order valence-corrected chi connectivity index (χ2v) is 7.05. The van der Waals surface area contributed by atoms with Gasteiger partial charge in [-0.05, 0) is 26.2 Å². The van der Waals surface area contributed by atoms with Crippen LogP contribution in [0.15, 0.2) is 0 Å². The molecule has 0 N–H and O–H groups in total. The van der Waals surface area contributed by atoms with Crippen LogP contribution in [0.2, 0.25) is 0 Å². The third kappa shape index (κ3) is 4.09. The number of hydrogen-bond acceptors (Lipinski definition) is 2. The second kappa shape index (κ2) is 6.92. The summed E-state index contributed by atoms with van der Waals surface area (Å²) in [6, 6.07) is 0.112. The minimum Gasteiger partial charge on any atom is -0.195 e. The van der Waals surface area contributed by atoms with Gasteiger partial charge in [-0.3, -0.25) is 0 Å². The first-order valence-electron chi connectivity index (χ1n) is 6.29. The number of halogens is 1. The molecule has 1 saturated heterocycles. The Morgan fingerprint density at radius 1 is 1.35 bits per heavy atom. The van der Waals surface area contributed by atoms with Crippen LogP contribution in [-0.4, -0.2) is 49.1 Å². The monoisotopic (exact) mass is 282 g/mol. The minimum atomic E-state index is -3.30. The van der Waals surface area contributed by atoms with Gasteiger partial charge in [-0.2, -0.15) is 17.0 Å². The zero-order chi connectivity index (χ0) is 12.9. The van der Waals surface area contributed by atoms with Gasteiger partial charge in [0.25, 0.3) is 10.2 Å². The fourth-order valence-corrected chi connectivity index (χ4v) is 3.93. The summed E-state index contributed by atoms with van der Waals surface area (Å²) in [6.45, 7) is 3.14. The molecule has 17 heavy (non-hydrogen) atoms. The molecule has 1 unspecified atom stereocenters. The minimum absolute atomic E-state index is 0.112. The molecule has 1 aliphatic rings. The van der Waals surface area contributed by atoms with Crippen LogP contribution < -0.4 is 0 Å². The first-order chi connectivity index (χ1) is 8.00. The quantitative estimate of drug-likeness (QED) is 0.724. The van der Waals surface area contributed by atoms with Gasteiger partial charge < -0.3 is 0 Å². The van der Waals surface area contributed by atoms with E-state index in [0.29, 0.717) is 25.4 Å². The molecule has 6 heteroatoms. The Morgan fingerprint density at radius 3 is 2.71 bits per heavy atom. The predicted molar refractivity (Wildman–Crippen MR) is 71.5 cm³/mol. The van der Waals surface area contributed by atoms with E-state index in [1.54, 1.807) is 11.4 Å². The van der Waals surface area contributed by atoms with Gasteiger partial charge in [0.05, 0.1) is 0 Å². The molecular weight excluding hydrogens is 260 g/mol. The Labute approximate surface area is 110 Å². The van der Waals surface area contributed by atoms with E-state index in [1.807, 2.05) is 6.92 Å². The van der Waals surface area contributed by atoms with Crippen LogP contribution in [0.4, 0.5) is 0 Å². The largest absolute Gasteiger partial charge is 0.281 e. The fourth-order valence-electron chi connectivity index (χ4n) is 2.17. The maximum atomic E-state index is 12.4. The summed E-state index contributed by atoms with van der Waals surface area (Å²) < 4.78 is 27.8. The standard InChI is InChI=1S/C11H23ClN2O2S/c1-11-7-4-3-5-10-14(11)17(15,16)13(2)9-6-8-12/h11H,3-10H2,1-2H3. The van der Waals surface area contributed by atoms with Crippen LogP contribution in [0.5, 0.6) is 0 Å². The summed E-state index contributed by atoms with van der Waals surface area (Å²) in [6.07, 6.45) is 4.87. The highest BCUT2D eigenvalue weighted by Crippen LogP contribution is 2.21. The molecule has 4 nitrogen and oxygen atoms in total. The van der Waals surface area contributed by atoms with Gasteiger partial charge in [0.1, 0.15) is 0 Å². The molecule has 0 radical (unpaired) electrons. The van der Waals surface area contributed by atoms with Gasteiger partial charge in [0.2, 0.25) is 0 Å². The topological polar surface area (TPSA) is 40.6 Å². The summed E-state index contributed by atoms with van der Waals surface area (Å²) in [5, 5.41) is 0. The summed E-state index contributed by atoms with van der Waals surface area (Å²) in [5.41, 5.74) is 0. The van der Waals surface area contributed by atoms with E-state index in [9.17, 15) is 8.42 Å². The lowest BCUT2D eigenvalue weighted by molar-refractivity contribution is 0.309. The molecule has 1 fully saturated rings. The van der Waals surface area contributed by atoms with Crippen molar-refractivity contribution in [3.8, 4) is 0 Å². The Hall–Kier alpha value is 0.160. The molecule has 102 valence electrons. The highest BCUT2D eigenvalue weighted by molar-refractivity contribution is 7.86. The Balaban J connectivity index is 2.72. The number of alkyl halides is 1. The van der Waals surface area contributed by atoms with E-state index in [-0.39, 0.29) is 6.04 Å². The molecule has 0 bridgehead atoms. The molecule has 0 aromatic carbocycles. The maximum absolute atomic E-state index is 12.4. The maximum Gasteiger partial charge on any atom is 0.281 e. The Kier molecular flexibility index (Phi) is 6.20. The van der Waals surface area contributed by atoms with Crippen molar-refractivity contribution >= 4 is 21.8 Å². The summed E-state index contributed by atoms with van der Waals surface area (Å²) >= 11 is 5.60. The van der Waals surface area contributed by atoms with Crippen molar-refractivity contribution in [2.45, 2.75) is 45.1 Å². The zero-order valence-corrected chi connectivity index (χ0v) is 12.3. The van der Waals surface area contributed by atoms with E-state index in [4.69, 9.17) is 11.6 Å². The predicted octanol–water partition coefficient (Wildman–Crippen LogP) is 2.06. The van der Waals surface area contributed by atoms with Crippen molar-refractivity contribution in [3.05, 3.63) is 0 Å². The second-order valence-electron chi connectivity index (χ2n) is 4.68. The highest BCUT2D eigenvalue weighted by atomic mass is 35.5. The lowest BCUT2D eigenvalue weighted by atomic mass is 10.1. The average molecular weight is 283 g/mol. The van der Waals surface area contributed by atoms with Crippen molar-refractivity contribution in [3.63, 3.8) is 0 Å². The molecular formula is C11H23ClN2O2S. The normalized spacial score (nSPS) is 23.9. The lowest BCUT2D eigenvalue weighted by Gasteiger charge is -2.30. The van der Waals surface area contributed by atoms with E-state index in [1.165, 1.54) is 4.31 Å². The fraction of sp³-hybridized carbons (Fsp3) is 1.00. The third-order valence-electron chi connectivity index (χ3n) is 3.29. The van der Waals surface area contributed by atoms with Gasteiger partial charge in [-0.25, -0.2) is 0 Å². The van der Waals surface area contributed by atoms with Crippen LogP contribution in [0.3, 0.4) is 0 Å². The summed E-state index contributed by atoms with van der Waals surface area (Å²) in [4.78, 5) is 0. The van der Waals surface area contributed by atoms with Gasteiger partial charge >= 0.3 is 0 Å². The molecule has 1 rings (SSSR count). The van der Waals surface area contributed by atoms with Gasteiger partial charge in [-0.15, -0.1) is 11.6 Å². The molecule has 1 heterocycles. The van der Waals surface area contributed by atoms with E-state index in [0.717, 1.165) is 25.7 Å². The van der Waals surface area contributed by atoms with Crippen LogP contribution in [0.1, 0.15) is 39.0 Å². The smallest absolute Gasteiger partial charge is 0.195 e. The highest BCUT2D eigenvalue weighted by Gasteiger charge is 2.31. The van der Waals surface area contributed by atoms with Crippen molar-refractivity contribution in [1.82, 2.24) is 8.61 Å². The van der Waals surface area contributed by atoms with E-state index < -0.39 is 10.2 Å². The Morgan fingerprint density at radius 2 is 2.06 bits per heavy atom. The molecule has 0 saturated carbocycles. The van der Waals surface area contributed by atoms with Crippen LogP contribution in [-0.2, 0) is 10.2 Å². The number of rotatable bonds is 5. The molecule has 1 aliphatic heterocycles. The SMILES string of the molecule is CC1CCCCCN1S(=O)(=O)N(C)CCCCl. The van der Waals surface area contributed by atoms with Crippen molar-refractivity contribution in [2.24, 2.45) is 0 Å². The third-order valence-corrected chi connectivity index (χ3v) is 5.66. The molecule has 0 amide bonds. The lowest BCUT2D eigenvalue weighted by Crippen LogP contribution is -2.46. The van der Waals surface area contributed by atoms with Crippen molar-refractivity contribution < 1.29 is 8.42 Å². The van der Waals surface area contributed by atoms with Gasteiger partial charge in [0, 0.05) is 32.1 Å². The van der Waals surface area contributed by atoms with Crippen LogP contribution in [0.25, 0.3) is 0 Å². The molecule has 0 aromatic heterocycles. The van der Waals surface area contributed by atoms with Crippen LogP contribution in [0, 0.1) is 0 Å². The number of hydrogen-bond donors (Lipinski definition) is 0. The van der Waals surface area contributed by atoms with Crippen molar-refractivity contribution in [1.29, 1.82) is 0 Å². The Bertz CT molecular complexity index is 321.